The number of fused-ring (bicyclic) bond motifs is 1. The van der Waals surface area contributed by atoms with Crippen LogP contribution in [0, 0.1) is 6.92 Å². The highest BCUT2D eigenvalue weighted by Gasteiger charge is 2.16. The molecule has 1 N–H and O–H groups in total. The van der Waals surface area contributed by atoms with Crippen LogP contribution in [0.25, 0.3) is 10.9 Å². The molecule has 2 aromatic heterocycles. The largest absolute Gasteiger partial charge is 0.464 e. The molecule has 0 aliphatic carbocycles. The fourth-order valence-corrected chi connectivity index (χ4v) is 2.80. The molecular formula is C17H17BrN2O2. The van der Waals surface area contributed by atoms with Gasteiger partial charge in [0.15, 0.2) is 0 Å². The molecule has 1 aromatic carbocycles. The predicted molar refractivity (Wildman–Crippen MR) is 91.1 cm³/mol. The molecule has 0 amide bonds. The molecule has 3 rings (SSSR count). The van der Waals surface area contributed by atoms with E-state index in [0.717, 1.165) is 32.6 Å². The number of benzene rings is 1. The van der Waals surface area contributed by atoms with Crippen LogP contribution < -0.4 is 5.32 Å². The van der Waals surface area contributed by atoms with Gasteiger partial charge in [-0.2, -0.15) is 0 Å². The molecule has 4 nitrogen and oxygen atoms in total. The monoisotopic (exact) mass is 360 g/mol. The van der Waals surface area contributed by atoms with Crippen molar-refractivity contribution in [2.24, 2.45) is 0 Å². The molecule has 0 spiro atoms. The van der Waals surface area contributed by atoms with Gasteiger partial charge in [0.2, 0.25) is 0 Å². The molecule has 0 aliphatic rings. The minimum absolute atomic E-state index is 0.0525. The molecule has 0 bridgehead atoms. The van der Waals surface area contributed by atoms with Crippen molar-refractivity contribution in [3.63, 3.8) is 0 Å². The van der Waals surface area contributed by atoms with E-state index in [9.17, 15) is 0 Å². The number of anilines is 1. The molecule has 0 radical (unpaired) electrons. The molecule has 2 heterocycles. The third kappa shape index (κ3) is 3.15. The zero-order valence-corrected chi connectivity index (χ0v) is 14.1. The van der Waals surface area contributed by atoms with Crippen LogP contribution in [0.3, 0.4) is 0 Å². The van der Waals surface area contributed by atoms with Gasteiger partial charge in [0.05, 0.1) is 12.1 Å². The Balaban J connectivity index is 1.97. The second kappa shape index (κ2) is 6.50. The van der Waals surface area contributed by atoms with E-state index in [1.165, 1.54) is 0 Å². The molecule has 5 heteroatoms. The number of hydrogen-bond donors (Lipinski definition) is 1. The van der Waals surface area contributed by atoms with E-state index in [1.54, 1.807) is 13.3 Å². The Morgan fingerprint density at radius 1 is 1.27 bits per heavy atom. The van der Waals surface area contributed by atoms with Crippen LogP contribution in [0.4, 0.5) is 5.69 Å². The van der Waals surface area contributed by atoms with Gasteiger partial charge in [0.1, 0.15) is 17.6 Å². The summed E-state index contributed by atoms with van der Waals surface area (Å²) < 4.78 is 12.1. The summed E-state index contributed by atoms with van der Waals surface area (Å²) in [4.78, 5) is 4.40. The summed E-state index contributed by atoms with van der Waals surface area (Å²) in [5, 5.41) is 4.56. The average molecular weight is 361 g/mol. The average Bonchev–Trinajstić information content (AvgIpc) is 2.94. The van der Waals surface area contributed by atoms with Crippen LogP contribution in [-0.4, -0.2) is 18.7 Å². The Labute approximate surface area is 137 Å². The van der Waals surface area contributed by atoms with Gasteiger partial charge in [-0.15, -0.1) is 0 Å². The Hall–Kier alpha value is -1.85. The second-order valence-corrected chi connectivity index (χ2v) is 6.04. The predicted octanol–water partition coefficient (Wildman–Crippen LogP) is 4.70. The van der Waals surface area contributed by atoms with Gasteiger partial charge in [0, 0.05) is 28.9 Å². The second-order valence-electron chi connectivity index (χ2n) is 5.12. The molecule has 114 valence electrons. The van der Waals surface area contributed by atoms with Crippen molar-refractivity contribution >= 4 is 32.5 Å². The molecule has 0 fully saturated rings. The fourth-order valence-electron chi connectivity index (χ4n) is 2.43. The number of hydrogen-bond acceptors (Lipinski definition) is 4. The van der Waals surface area contributed by atoms with E-state index >= 15 is 0 Å². The van der Waals surface area contributed by atoms with E-state index in [0.29, 0.717) is 6.61 Å². The number of halogens is 1. The SMILES string of the molecule is COCC(Nc1ccnc2ccc(Br)cc12)c1ccc(C)o1. The quantitative estimate of drug-likeness (QED) is 0.716. The first kappa shape index (κ1) is 15.1. The first-order valence-corrected chi connectivity index (χ1v) is 7.83. The summed E-state index contributed by atoms with van der Waals surface area (Å²) in [6.07, 6.45) is 1.80. The smallest absolute Gasteiger partial charge is 0.128 e. The van der Waals surface area contributed by atoms with Crippen molar-refractivity contribution in [2.45, 2.75) is 13.0 Å². The maximum Gasteiger partial charge on any atom is 0.128 e. The Bertz CT molecular complexity index is 785. The Morgan fingerprint density at radius 3 is 2.86 bits per heavy atom. The normalized spacial score (nSPS) is 12.5. The highest BCUT2D eigenvalue weighted by molar-refractivity contribution is 9.10. The highest BCUT2D eigenvalue weighted by Crippen LogP contribution is 2.29. The number of methoxy groups -OCH3 is 1. The molecule has 0 aliphatic heterocycles. The standard InChI is InChI=1S/C17H17BrN2O2/c1-11-3-6-17(22-11)16(10-21-2)20-15-7-8-19-14-5-4-12(18)9-13(14)15/h3-9,16H,10H2,1-2H3,(H,19,20). The minimum atomic E-state index is -0.0525. The van der Waals surface area contributed by atoms with Gasteiger partial charge in [0.25, 0.3) is 0 Å². The van der Waals surface area contributed by atoms with Gasteiger partial charge in [-0.05, 0) is 43.3 Å². The number of furan rings is 1. The van der Waals surface area contributed by atoms with Gasteiger partial charge in [-0.3, -0.25) is 4.98 Å². The third-order valence-corrected chi connectivity index (χ3v) is 3.96. The number of nitrogens with one attached hydrogen (secondary N) is 1. The van der Waals surface area contributed by atoms with E-state index in [1.807, 2.05) is 37.3 Å². The zero-order chi connectivity index (χ0) is 15.5. The number of aryl methyl sites for hydroxylation is 1. The van der Waals surface area contributed by atoms with Crippen molar-refractivity contribution in [2.75, 3.05) is 19.0 Å². The first-order valence-electron chi connectivity index (χ1n) is 7.03. The number of ether oxygens (including phenoxy) is 1. The van der Waals surface area contributed by atoms with Crippen LogP contribution >= 0.6 is 15.9 Å². The maximum atomic E-state index is 5.74. The topological polar surface area (TPSA) is 47.3 Å². The summed E-state index contributed by atoms with van der Waals surface area (Å²) in [6, 6.07) is 11.9. The number of nitrogens with zero attached hydrogens (tertiary/aromatic N) is 1. The van der Waals surface area contributed by atoms with Crippen molar-refractivity contribution in [3.8, 4) is 0 Å². The van der Waals surface area contributed by atoms with E-state index in [4.69, 9.17) is 9.15 Å². The van der Waals surface area contributed by atoms with Crippen molar-refractivity contribution in [3.05, 3.63) is 58.6 Å². The lowest BCUT2D eigenvalue weighted by Gasteiger charge is -2.18. The van der Waals surface area contributed by atoms with Gasteiger partial charge in [-0.25, -0.2) is 0 Å². The van der Waals surface area contributed by atoms with E-state index in [-0.39, 0.29) is 6.04 Å². The fraction of sp³-hybridized carbons (Fsp3) is 0.235. The molecule has 0 saturated heterocycles. The van der Waals surface area contributed by atoms with Gasteiger partial charge < -0.3 is 14.5 Å². The number of pyridine rings is 1. The van der Waals surface area contributed by atoms with Crippen LogP contribution in [-0.2, 0) is 4.74 Å². The lowest BCUT2D eigenvalue weighted by molar-refractivity contribution is 0.178. The summed E-state index contributed by atoms with van der Waals surface area (Å²) in [5.74, 6) is 1.75. The molecule has 1 atom stereocenters. The number of aromatic nitrogens is 1. The summed E-state index contributed by atoms with van der Waals surface area (Å²) in [6.45, 7) is 2.46. The van der Waals surface area contributed by atoms with Crippen LogP contribution in [0.1, 0.15) is 17.6 Å². The van der Waals surface area contributed by atoms with Crippen LogP contribution in [0.15, 0.2) is 51.5 Å². The summed E-state index contributed by atoms with van der Waals surface area (Å²) in [5.41, 5.74) is 1.95. The van der Waals surface area contributed by atoms with E-state index < -0.39 is 0 Å². The molecule has 22 heavy (non-hydrogen) atoms. The Kier molecular flexibility index (Phi) is 4.45. The lowest BCUT2D eigenvalue weighted by atomic mass is 10.1. The lowest BCUT2D eigenvalue weighted by Crippen LogP contribution is -2.16. The Morgan fingerprint density at radius 2 is 2.14 bits per heavy atom. The van der Waals surface area contributed by atoms with E-state index in [2.05, 4.69) is 32.3 Å². The van der Waals surface area contributed by atoms with Gasteiger partial charge >= 0.3 is 0 Å². The highest BCUT2D eigenvalue weighted by atomic mass is 79.9. The number of rotatable bonds is 5. The van der Waals surface area contributed by atoms with Crippen LogP contribution in [0.2, 0.25) is 0 Å². The van der Waals surface area contributed by atoms with Crippen LogP contribution in [0.5, 0.6) is 0 Å². The van der Waals surface area contributed by atoms with Crippen molar-refractivity contribution < 1.29 is 9.15 Å². The first-order chi connectivity index (χ1) is 10.7. The molecule has 1 unspecified atom stereocenters. The van der Waals surface area contributed by atoms with Crippen molar-refractivity contribution in [1.82, 2.24) is 4.98 Å². The summed E-state index contributed by atoms with van der Waals surface area (Å²) >= 11 is 3.51. The zero-order valence-electron chi connectivity index (χ0n) is 12.5. The molecular weight excluding hydrogens is 344 g/mol. The molecule has 0 saturated carbocycles. The maximum absolute atomic E-state index is 5.74. The van der Waals surface area contributed by atoms with Crippen molar-refractivity contribution in [1.29, 1.82) is 0 Å². The summed E-state index contributed by atoms with van der Waals surface area (Å²) in [7, 11) is 1.69. The third-order valence-electron chi connectivity index (χ3n) is 3.47. The van der Waals surface area contributed by atoms with Gasteiger partial charge in [-0.1, -0.05) is 15.9 Å². The molecule has 3 aromatic rings. The minimum Gasteiger partial charge on any atom is -0.464 e.